The van der Waals surface area contributed by atoms with Gasteiger partial charge in [-0.25, -0.2) is 0 Å². The Bertz CT molecular complexity index is 838. The number of halogens is 1. The second-order valence-electron chi connectivity index (χ2n) is 7.71. The van der Waals surface area contributed by atoms with Gasteiger partial charge in [-0.3, -0.25) is 14.7 Å². The van der Waals surface area contributed by atoms with Crippen LogP contribution in [0.5, 0.6) is 5.75 Å². The van der Waals surface area contributed by atoms with Crippen molar-refractivity contribution in [2.75, 3.05) is 52.9 Å². The van der Waals surface area contributed by atoms with Gasteiger partial charge in [0.25, 0.3) is 5.91 Å². The Labute approximate surface area is 171 Å². The highest BCUT2D eigenvalue weighted by Gasteiger charge is 2.28. The molecule has 0 N–H and O–H groups in total. The molecule has 150 valence electrons. The smallest absolute Gasteiger partial charge is 0.260 e. The molecular formula is C21H27ClN4O2. The van der Waals surface area contributed by atoms with Crippen LogP contribution in [0.15, 0.2) is 30.5 Å². The first-order valence-electron chi connectivity index (χ1n) is 9.98. The molecule has 28 heavy (non-hydrogen) atoms. The lowest BCUT2D eigenvalue weighted by Gasteiger charge is -2.42. The molecule has 0 radical (unpaired) electrons. The van der Waals surface area contributed by atoms with Crippen LogP contribution in [0, 0.1) is 0 Å². The van der Waals surface area contributed by atoms with Gasteiger partial charge in [0.2, 0.25) is 0 Å². The molecule has 2 aliphatic rings. The molecule has 3 heterocycles. The number of piperazine rings is 1. The Balaban J connectivity index is 1.31. The van der Waals surface area contributed by atoms with E-state index in [9.17, 15) is 4.79 Å². The highest BCUT2D eigenvalue weighted by Crippen LogP contribution is 2.29. The molecule has 0 saturated carbocycles. The third-order valence-electron chi connectivity index (χ3n) is 5.81. The monoisotopic (exact) mass is 402 g/mol. The van der Waals surface area contributed by atoms with E-state index in [-0.39, 0.29) is 12.5 Å². The van der Waals surface area contributed by atoms with Crippen molar-refractivity contribution in [1.29, 1.82) is 0 Å². The number of carbonyl (C=O) groups excluding carboxylic acids is 1. The molecular weight excluding hydrogens is 376 g/mol. The molecule has 0 bridgehead atoms. The number of ether oxygens (including phenoxy) is 1. The van der Waals surface area contributed by atoms with Gasteiger partial charge >= 0.3 is 0 Å². The molecule has 2 aliphatic heterocycles. The first-order valence-corrected chi connectivity index (χ1v) is 10.4. The number of pyridine rings is 1. The number of hydrogen-bond donors (Lipinski definition) is 0. The van der Waals surface area contributed by atoms with Gasteiger partial charge in [0.15, 0.2) is 6.61 Å². The maximum atomic E-state index is 12.6. The number of hydrogen-bond acceptors (Lipinski definition) is 5. The molecule has 0 aliphatic carbocycles. The SMILES string of the molecule is CN1CCCC(N2CCN(C(=O)COc3ccc(Cl)c4cccnc34)CC2)C1. The van der Waals surface area contributed by atoms with Crippen LogP contribution < -0.4 is 4.74 Å². The summed E-state index contributed by atoms with van der Waals surface area (Å²) in [4.78, 5) is 23.8. The van der Waals surface area contributed by atoms with Crippen molar-refractivity contribution in [1.82, 2.24) is 19.7 Å². The summed E-state index contributed by atoms with van der Waals surface area (Å²) in [6, 6.07) is 7.93. The van der Waals surface area contributed by atoms with E-state index in [4.69, 9.17) is 16.3 Å². The summed E-state index contributed by atoms with van der Waals surface area (Å²) in [6.07, 6.45) is 4.23. The number of aromatic nitrogens is 1. The van der Waals surface area contributed by atoms with E-state index >= 15 is 0 Å². The van der Waals surface area contributed by atoms with Crippen molar-refractivity contribution in [2.45, 2.75) is 18.9 Å². The van der Waals surface area contributed by atoms with Crippen LogP contribution in [-0.2, 0) is 4.79 Å². The maximum absolute atomic E-state index is 12.6. The van der Waals surface area contributed by atoms with Gasteiger partial charge in [0.05, 0.1) is 5.02 Å². The number of carbonyl (C=O) groups is 1. The van der Waals surface area contributed by atoms with Crippen molar-refractivity contribution in [2.24, 2.45) is 0 Å². The average molecular weight is 403 g/mol. The summed E-state index contributed by atoms with van der Waals surface area (Å²) < 4.78 is 5.81. The lowest BCUT2D eigenvalue weighted by atomic mass is 10.0. The number of piperidine rings is 1. The van der Waals surface area contributed by atoms with E-state index in [2.05, 4.69) is 21.8 Å². The quantitative estimate of drug-likeness (QED) is 0.786. The molecule has 0 spiro atoms. The molecule has 1 unspecified atom stereocenters. The van der Waals surface area contributed by atoms with Gasteiger partial charge in [0, 0.05) is 50.3 Å². The fourth-order valence-corrected chi connectivity index (χ4v) is 4.45. The molecule has 1 amide bonds. The normalized spacial score (nSPS) is 21.8. The number of likely N-dealkylation sites (N-methyl/N-ethyl adjacent to an activating group) is 1. The van der Waals surface area contributed by atoms with E-state index in [1.807, 2.05) is 17.0 Å². The summed E-state index contributed by atoms with van der Waals surface area (Å²) in [5.74, 6) is 0.622. The van der Waals surface area contributed by atoms with Crippen molar-refractivity contribution in [3.05, 3.63) is 35.5 Å². The second kappa shape index (κ2) is 8.64. The first kappa shape index (κ1) is 19.4. The zero-order valence-corrected chi connectivity index (χ0v) is 17.1. The predicted molar refractivity (Wildman–Crippen MR) is 111 cm³/mol. The summed E-state index contributed by atoms with van der Waals surface area (Å²) >= 11 is 6.22. The average Bonchev–Trinajstić information content (AvgIpc) is 2.73. The van der Waals surface area contributed by atoms with Gasteiger partial charge in [-0.15, -0.1) is 0 Å². The predicted octanol–water partition coefficient (Wildman–Crippen LogP) is 2.51. The standard InChI is InChI=1S/C21H27ClN4O2/c1-24-9-3-4-16(14-24)25-10-12-26(13-11-25)20(27)15-28-19-7-6-18(22)17-5-2-8-23-21(17)19/h2,5-8,16H,3-4,9-15H2,1H3. The molecule has 1 atom stereocenters. The number of likely N-dealkylation sites (tertiary alicyclic amines) is 1. The van der Waals surface area contributed by atoms with Gasteiger partial charge in [-0.2, -0.15) is 0 Å². The molecule has 7 heteroatoms. The summed E-state index contributed by atoms with van der Waals surface area (Å²) in [7, 11) is 2.19. The van der Waals surface area contributed by atoms with Crippen LogP contribution in [-0.4, -0.2) is 84.6 Å². The van der Waals surface area contributed by atoms with Crippen LogP contribution in [0.2, 0.25) is 5.02 Å². The van der Waals surface area contributed by atoms with Gasteiger partial charge in [-0.1, -0.05) is 11.6 Å². The molecule has 2 aromatic rings. The Morgan fingerprint density at radius 1 is 1.21 bits per heavy atom. The van der Waals surface area contributed by atoms with Crippen LogP contribution >= 0.6 is 11.6 Å². The van der Waals surface area contributed by atoms with Crippen LogP contribution in [0.1, 0.15) is 12.8 Å². The molecule has 2 fully saturated rings. The third kappa shape index (κ3) is 4.24. The highest BCUT2D eigenvalue weighted by atomic mass is 35.5. The second-order valence-corrected chi connectivity index (χ2v) is 8.12. The maximum Gasteiger partial charge on any atom is 0.260 e. The lowest BCUT2D eigenvalue weighted by molar-refractivity contribution is -0.135. The minimum absolute atomic E-state index is 0.0273. The molecule has 4 rings (SSSR count). The Kier molecular flexibility index (Phi) is 5.99. The molecule has 1 aromatic heterocycles. The van der Waals surface area contributed by atoms with Gasteiger partial charge < -0.3 is 14.5 Å². The summed E-state index contributed by atoms with van der Waals surface area (Å²) in [5.41, 5.74) is 0.689. The van der Waals surface area contributed by atoms with Crippen molar-refractivity contribution in [3.8, 4) is 5.75 Å². The zero-order valence-electron chi connectivity index (χ0n) is 16.3. The lowest BCUT2D eigenvalue weighted by Crippen LogP contribution is -2.56. The van der Waals surface area contributed by atoms with E-state index in [0.29, 0.717) is 22.3 Å². The molecule has 2 saturated heterocycles. The molecule has 6 nitrogen and oxygen atoms in total. The van der Waals surface area contributed by atoms with E-state index < -0.39 is 0 Å². The van der Waals surface area contributed by atoms with E-state index in [1.54, 1.807) is 18.3 Å². The van der Waals surface area contributed by atoms with Crippen LogP contribution in [0.3, 0.4) is 0 Å². The Morgan fingerprint density at radius 2 is 2.04 bits per heavy atom. The van der Waals surface area contributed by atoms with Crippen LogP contribution in [0.4, 0.5) is 0 Å². The Hall–Kier alpha value is -1.89. The largest absolute Gasteiger partial charge is 0.481 e. The topological polar surface area (TPSA) is 48.9 Å². The van der Waals surface area contributed by atoms with E-state index in [0.717, 1.165) is 38.1 Å². The van der Waals surface area contributed by atoms with Crippen molar-refractivity contribution >= 4 is 28.4 Å². The minimum atomic E-state index is 0.0273. The fraction of sp³-hybridized carbons (Fsp3) is 0.524. The fourth-order valence-electron chi connectivity index (χ4n) is 4.23. The first-order chi connectivity index (χ1) is 13.6. The number of benzene rings is 1. The number of fused-ring (bicyclic) bond motifs is 1. The highest BCUT2D eigenvalue weighted by molar-refractivity contribution is 6.35. The number of amides is 1. The Morgan fingerprint density at radius 3 is 2.82 bits per heavy atom. The molecule has 1 aromatic carbocycles. The van der Waals surface area contributed by atoms with Crippen molar-refractivity contribution in [3.63, 3.8) is 0 Å². The summed E-state index contributed by atoms with van der Waals surface area (Å²) in [6.45, 7) is 5.77. The number of rotatable bonds is 4. The summed E-state index contributed by atoms with van der Waals surface area (Å²) in [5, 5.41) is 1.46. The van der Waals surface area contributed by atoms with Crippen LogP contribution in [0.25, 0.3) is 10.9 Å². The minimum Gasteiger partial charge on any atom is -0.481 e. The number of nitrogens with zero attached hydrogens (tertiary/aromatic N) is 4. The van der Waals surface area contributed by atoms with Gasteiger partial charge in [0.1, 0.15) is 11.3 Å². The van der Waals surface area contributed by atoms with E-state index in [1.165, 1.54) is 19.4 Å². The van der Waals surface area contributed by atoms with Gasteiger partial charge in [-0.05, 0) is 50.7 Å². The third-order valence-corrected chi connectivity index (χ3v) is 6.14. The zero-order chi connectivity index (χ0) is 19.5. The van der Waals surface area contributed by atoms with Crippen molar-refractivity contribution < 1.29 is 9.53 Å².